The number of carbonyl (C=O) groups excluding carboxylic acids is 1. The van der Waals surface area contributed by atoms with Gasteiger partial charge in [-0.1, -0.05) is 31.2 Å². The predicted octanol–water partition coefficient (Wildman–Crippen LogP) is 1.75. The zero-order valence-electron chi connectivity index (χ0n) is 13.1. The van der Waals surface area contributed by atoms with E-state index in [1.807, 2.05) is 24.3 Å². The van der Waals surface area contributed by atoms with E-state index < -0.39 is 0 Å². The fraction of sp³-hybridized carbons (Fsp3) is 0.588. The van der Waals surface area contributed by atoms with Gasteiger partial charge in [-0.3, -0.25) is 4.79 Å². The molecule has 0 atom stereocenters. The molecule has 0 radical (unpaired) electrons. The van der Waals surface area contributed by atoms with E-state index in [9.17, 15) is 4.79 Å². The van der Waals surface area contributed by atoms with E-state index in [-0.39, 0.29) is 5.78 Å². The third-order valence-corrected chi connectivity index (χ3v) is 4.33. The summed E-state index contributed by atoms with van der Waals surface area (Å²) in [4.78, 5) is 17.2. The lowest BCUT2D eigenvalue weighted by molar-refractivity contribution is 0.0962. The van der Waals surface area contributed by atoms with Crippen molar-refractivity contribution in [3.63, 3.8) is 0 Å². The number of Topliss-reactive ketones (excluding diaryl/α,β-unsaturated/α-hetero) is 1. The number of carbonyl (C=O) groups is 1. The molecule has 1 aliphatic heterocycles. The lowest BCUT2D eigenvalue weighted by Crippen LogP contribution is -2.46. The van der Waals surface area contributed by atoms with Crippen LogP contribution in [0.3, 0.4) is 0 Å². The third-order valence-electron chi connectivity index (χ3n) is 4.33. The summed E-state index contributed by atoms with van der Waals surface area (Å²) in [7, 11) is 0. The largest absolute Gasteiger partial charge is 0.326 e. The van der Waals surface area contributed by atoms with E-state index in [2.05, 4.69) is 16.7 Å². The molecule has 2 rings (SSSR count). The van der Waals surface area contributed by atoms with Crippen LogP contribution in [0.1, 0.15) is 35.7 Å². The van der Waals surface area contributed by atoms with Crippen molar-refractivity contribution in [2.75, 3.05) is 39.3 Å². The molecule has 4 nitrogen and oxygen atoms in total. The molecule has 0 saturated carbocycles. The van der Waals surface area contributed by atoms with Crippen molar-refractivity contribution in [1.82, 2.24) is 9.80 Å². The first-order chi connectivity index (χ1) is 10.2. The SMILES string of the molecule is CCN1CCN(CCCC(=O)c2ccccc2CN)CC1. The Bertz CT molecular complexity index is 453. The molecule has 1 aliphatic rings. The van der Waals surface area contributed by atoms with E-state index in [4.69, 9.17) is 5.73 Å². The number of piperazine rings is 1. The Kier molecular flexibility index (Phi) is 6.36. The van der Waals surface area contributed by atoms with Crippen LogP contribution in [0, 0.1) is 0 Å². The molecule has 4 heteroatoms. The van der Waals surface area contributed by atoms with Crippen molar-refractivity contribution < 1.29 is 4.79 Å². The highest BCUT2D eigenvalue weighted by atomic mass is 16.1. The van der Waals surface area contributed by atoms with Crippen LogP contribution in [0.2, 0.25) is 0 Å². The quantitative estimate of drug-likeness (QED) is 0.777. The van der Waals surface area contributed by atoms with Crippen molar-refractivity contribution in [1.29, 1.82) is 0 Å². The number of hydrogen-bond donors (Lipinski definition) is 1. The normalized spacial score (nSPS) is 17.0. The van der Waals surface area contributed by atoms with Gasteiger partial charge < -0.3 is 15.5 Å². The minimum Gasteiger partial charge on any atom is -0.326 e. The molecule has 1 aromatic carbocycles. The van der Waals surface area contributed by atoms with E-state index in [1.54, 1.807) is 0 Å². The van der Waals surface area contributed by atoms with Crippen LogP contribution >= 0.6 is 0 Å². The topological polar surface area (TPSA) is 49.6 Å². The van der Waals surface area contributed by atoms with Gasteiger partial charge in [-0.05, 0) is 25.1 Å². The van der Waals surface area contributed by atoms with Gasteiger partial charge in [-0.15, -0.1) is 0 Å². The van der Waals surface area contributed by atoms with Crippen LogP contribution in [-0.4, -0.2) is 54.9 Å². The molecule has 1 heterocycles. The van der Waals surface area contributed by atoms with Crippen LogP contribution in [-0.2, 0) is 6.54 Å². The summed E-state index contributed by atoms with van der Waals surface area (Å²) in [5.74, 6) is 0.225. The van der Waals surface area contributed by atoms with E-state index >= 15 is 0 Å². The van der Waals surface area contributed by atoms with Gasteiger partial charge in [0.05, 0.1) is 0 Å². The Morgan fingerprint density at radius 2 is 1.81 bits per heavy atom. The second-order valence-electron chi connectivity index (χ2n) is 5.66. The van der Waals surface area contributed by atoms with E-state index in [0.717, 1.165) is 56.8 Å². The molecule has 1 aromatic rings. The van der Waals surface area contributed by atoms with Gasteiger partial charge >= 0.3 is 0 Å². The number of ketones is 1. The fourth-order valence-electron chi connectivity index (χ4n) is 2.90. The Morgan fingerprint density at radius 1 is 1.14 bits per heavy atom. The van der Waals surface area contributed by atoms with Crippen LogP contribution < -0.4 is 5.73 Å². The maximum absolute atomic E-state index is 12.3. The van der Waals surface area contributed by atoms with Gasteiger partial charge in [0.25, 0.3) is 0 Å². The van der Waals surface area contributed by atoms with Crippen LogP contribution in [0.5, 0.6) is 0 Å². The molecule has 116 valence electrons. The number of rotatable bonds is 7. The monoisotopic (exact) mass is 289 g/mol. The molecule has 0 aliphatic carbocycles. The minimum atomic E-state index is 0.225. The summed E-state index contributed by atoms with van der Waals surface area (Å²) in [5.41, 5.74) is 7.45. The Hall–Kier alpha value is -1.23. The Morgan fingerprint density at radius 3 is 2.48 bits per heavy atom. The van der Waals surface area contributed by atoms with Crippen LogP contribution in [0.4, 0.5) is 0 Å². The molecule has 0 spiro atoms. The van der Waals surface area contributed by atoms with E-state index in [0.29, 0.717) is 13.0 Å². The number of hydrogen-bond acceptors (Lipinski definition) is 4. The number of benzene rings is 1. The summed E-state index contributed by atoms with van der Waals surface area (Å²) in [6.07, 6.45) is 1.55. The first kappa shape index (κ1) is 16.1. The van der Waals surface area contributed by atoms with Gasteiger partial charge in [0, 0.05) is 44.7 Å². The average molecular weight is 289 g/mol. The Labute approximate surface area is 127 Å². The second-order valence-corrected chi connectivity index (χ2v) is 5.66. The van der Waals surface area contributed by atoms with Crippen molar-refractivity contribution >= 4 is 5.78 Å². The highest BCUT2D eigenvalue weighted by Crippen LogP contribution is 2.12. The summed E-state index contributed by atoms with van der Waals surface area (Å²) in [5, 5.41) is 0. The molecule has 0 amide bonds. The van der Waals surface area contributed by atoms with Gasteiger partial charge in [-0.2, -0.15) is 0 Å². The minimum absolute atomic E-state index is 0.225. The van der Waals surface area contributed by atoms with Crippen LogP contribution in [0.25, 0.3) is 0 Å². The summed E-state index contributed by atoms with van der Waals surface area (Å²) < 4.78 is 0. The highest BCUT2D eigenvalue weighted by molar-refractivity contribution is 5.97. The molecule has 21 heavy (non-hydrogen) atoms. The standard InChI is InChI=1S/C17H27N3O/c1-2-19-10-12-20(13-11-19)9-5-8-17(21)16-7-4-3-6-15(16)14-18/h3-4,6-7H,2,5,8-14,18H2,1H3. The smallest absolute Gasteiger partial charge is 0.163 e. The van der Waals surface area contributed by atoms with Crippen molar-refractivity contribution in [3.8, 4) is 0 Å². The Balaban J connectivity index is 1.75. The van der Waals surface area contributed by atoms with Gasteiger partial charge in [-0.25, -0.2) is 0 Å². The molecule has 0 unspecified atom stereocenters. The number of likely N-dealkylation sites (N-methyl/N-ethyl adjacent to an activating group) is 1. The lowest BCUT2D eigenvalue weighted by atomic mass is 10.0. The predicted molar refractivity (Wildman–Crippen MR) is 86.5 cm³/mol. The molecule has 2 N–H and O–H groups in total. The number of nitrogens with zero attached hydrogens (tertiary/aromatic N) is 2. The second kappa shape index (κ2) is 8.27. The molecular weight excluding hydrogens is 262 g/mol. The van der Waals surface area contributed by atoms with Crippen molar-refractivity contribution in [2.45, 2.75) is 26.3 Å². The van der Waals surface area contributed by atoms with E-state index in [1.165, 1.54) is 0 Å². The summed E-state index contributed by atoms with van der Waals surface area (Å²) in [6.45, 7) is 9.37. The van der Waals surface area contributed by atoms with Crippen LogP contribution in [0.15, 0.2) is 24.3 Å². The lowest BCUT2D eigenvalue weighted by Gasteiger charge is -2.33. The average Bonchev–Trinajstić information content (AvgIpc) is 2.55. The summed E-state index contributed by atoms with van der Waals surface area (Å²) >= 11 is 0. The summed E-state index contributed by atoms with van der Waals surface area (Å²) in [6, 6.07) is 7.68. The highest BCUT2D eigenvalue weighted by Gasteiger charge is 2.16. The first-order valence-electron chi connectivity index (χ1n) is 8.00. The zero-order chi connectivity index (χ0) is 15.1. The van der Waals surface area contributed by atoms with Crippen molar-refractivity contribution in [2.24, 2.45) is 5.73 Å². The first-order valence-corrected chi connectivity index (χ1v) is 8.00. The van der Waals surface area contributed by atoms with Crippen molar-refractivity contribution in [3.05, 3.63) is 35.4 Å². The maximum Gasteiger partial charge on any atom is 0.163 e. The zero-order valence-corrected chi connectivity index (χ0v) is 13.1. The molecular formula is C17H27N3O. The maximum atomic E-state index is 12.3. The molecule has 0 bridgehead atoms. The number of nitrogens with two attached hydrogens (primary N) is 1. The third kappa shape index (κ3) is 4.63. The van der Waals surface area contributed by atoms with Gasteiger partial charge in [0.1, 0.15) is 0 Å². The van der Waals surface area contributed by atoms with Gasteiger partial charge in [0.15, 0.2) is 5.78 Å². The molecule has 1 fully saturated rings. The van der Waals surface area contributed by atoms with Gasteiger partial charge in [0.2, 0.25) is 0 Å². The molecule has 0 aromatic heterocycles. The molecule has 1 saturated heterocycles. The fourth-order valence-corrected chi connectivity index (χ4v) is 2.90.